The van der Waals surface area contributed by atoms with Gasteiger partial charge in [0.1, 0.15) is 12.7 Å². The number of unbranched alkanes of at least 4 members (excludes halogenated alkanes) is 20. The fourth-order valence-corrected chi connectivity index (χ4v) is 6.79. The number of allylic oxidation sites excluding steroid dienone is 8. The van der Waals surface area contributed by atoms with Crippen molar-refractivity contribution >= 4 is 25.7 Å². The maximum atomic E-state index is 12.3. The molecule has 58 heavy (non-hydrogen) atoms. The predicted molar refractivity (Wildman–Crippen MR) is 235 cm³/mol. The third-order valence-electron chi connectivity index (χ3n) is 9.59. The van der Waals surface area contributed by atoms with E-state index in [4.69, 9.17) is 13.8 Å². The number of hydrogen-bond donors (Lipinski definition) is 4. The second kappa shape index (κ2) is 41.2. The average Bonchev–Trinajstić information content (AvgIpc) is 3.20. The van der Waals surface area contributed by atoms with Gasteiger partial charge >= 0.3 is 19.8 Å². The number of carbonyl (C=O) groups excluding carboxylic acids is 2. The number of ether oxygens (including phenoxy) is 1. The quantitative estimate of drug-likeness (QED) is 0.0201. The Morgan fingerprint density at radius 2 is 0.948 bits per heavy atom. The summed E-state index contributed by atoms with van der Waals surface area (Å²) >= 11 is 0. The highest BCUT2D eigenvalue weighted by molar-refractivity contribution is 7.47. The standard InChI is InChI=1S/C46H82NO10P/c1-3-5-7-9-11-13-15-17-19-21-22-24-26-28-30-32-34-36-38-45(50)55-39-42(48)40-56-58(53,54)57-41-43(46(51)52)47-44(49)37-35-33-31-29-27-25-23-20-18-16-14-12-10-8-6-4-2/h13-16,19-21,23,42-43,48H,3-12,17-18,22,24-41H2,1-2H3,(H,47,49)(H,51,52)(H,53,54)/b15-13-,16-14-,21-19-,23-20-. The molecule has 0 spiro atoms. The van der Waals surface area contributed by atoms with E-state index in [9.17, 15) is 34.1 Å². The average molecular weight is 840 g/mol. The van der Waals surface area contributed by atoms with Gasteiger partial charge in [-0.1, -0.05) is 152 Å². The van der Waals surface area contributed by atoms with Crippen molar-refractivity contribution in [2.45, 2.75) is 206 Å². The molecule has 0 aromatic heterocycles. The topological polar surface area (TPSA) is 169 Å². The summed E-state index contributed by atoms with van der Waals surface area (Å²) in [6, 6.07) is -1.56. The minimum atomic E-state index is -4.76. The molecule has 3 atom stereocenters. The molecule has 0 aliphatic carbocycles. The smallest absolute Gasteiger partial charge is 0.472 e. The maximum Gasteiger partial charge on any atom is 0.472 e. The summed E-state index contributed by atoms with van der Waals surface area (Å²) in [7, 11) is -4.76. The lowest BCUT2D eigenvalue weighted by Gasteiger charge is -2.18. The number of carbonyl (C=O) groups is 3. The van der Waals surface area contributed by atoms with E-state index in [2.05, 4.69) is 67.8 Å². The van der Waals surface area contributed by atoms with Crippen LogP contribution in [0.15, 0.2) is 48.6 Å². The van der Waals surface area contributed by atoms with E-state index in [1.807, 2.05) is 0 Å². The summed E-state index contributed by atoms with van der Waals surface area (Å²) in [6.07, 6.45) is 45.5. The number of esters is 1. The Hall–Kier alpha value is -2.56. The highest BCUT2D eigenvalue weighted by Gasteiger charge is 2.28. The molecule has 0 aliphatic rings. The number of amides is 1. The number of carboxylic acid groups (broad SMARTS) is 1. The Morgan fingerprint density at radius 1 is 0.552 bits per heavy atom. The summed E-state index contributed by atoms with van der Waals surface area (Å²) < 4.78 is 26.8. The predicted octanol–water partition coefficient (Wildman–Crippen LogP) is 11.8. The van der Waals surface area contributed by atoms with Crippen molar-refractivity contribution in [1.82, 2.24) is 5.32 Å². The van der Waals surface area contributed by atoms with E-state index >= 15 is 0 Å². The number of phosphoric ester groups is 1. The molecule has 0 aromatic rings. The molecular weight excluding hydrogens is 757 g/mol. The van der Waals surface area contributed by atoms with Gasteiger partial charge in [0, 0.05) is 12.8 Å². The van der Waals surface area contributed by atoms with Crippen molar-refractivity contribution < 1.29 is 47.8 Å². The van der Waals surface area contributed by atoms with Crippen molar-refractivity contribution in [3.8, 4) is 0 Å². The lowest BCUT2D eigenvalue weighted by atomic mass is 10.1. The summed E-state index contributed by atoms with van der Waals surface area (Å²) in [5, 5.41) is 21.8. The van der Waals surface area contributed by atoms with Crippen LogP contribution in [0, 0.1) is 0 Å². The van der Waals surface area contributed by atoms with Crippen LogP contribution in [0.1, 0.15) is 194 Å². The zero-order valence-corrected chi connectivity index (χ0v) is 37.2. The fourth-order valence-electron chi connectivity index (χ4n) is 6.02. The number of aliphatic carboxylic acids is 1. The molecule has 0 rings (SSSR count). The second-order valence-corrected chi connectivity index (χ2v) is 16.7. The second-order valence-electron chi connectivity index (χ2n) is 15.2. The molecule has 4 N–H and O–H groups in total. The SMILES string of the molecule is CCCCCC/C=C\C/C=C\CCCCCCCCCC(=O)OCC(O)COP(=O)(O)OCC(NC(=O)CCCCCCC/C=C\C/C=C\CCCCCC)C(=O)O. The third kappa shape index (κ3) is 40.2. The number of rotatable bonds is 42. The van der Waals surface area contributed by atoms with Gasteiger partial charge in [-0.3, -0.25) is 18.6 Å². The Labute approximate surface area is 352 Å². The summed E-state index contributed by atoms with van der Waals surface area (Å²) in [4.78, 5) is 45.9. The molecular formula is C46H82NO10P. The molecule has 3 unspecified atom stereocenters. The third-order valence-corrected chi connectivity index (χ3v) is 10.5. The molecule has 11 nitrogen and oxygen atoms in total. The lowest BCUT2D eigenvalue weighted by molar-refractivity contribution is -0.147. The minimum Gasteiger partial charge on any atom is -0.480 e. The molecule has 0 bridgehead atoms. The number of phosphoric acid groups is 1. The summed E-state index contributed by atoms with van der Waals surface area (Å²) in [5.74, 6) is -2.40. The van der Waals surface area contributed by atoms with Crippen LogP contribution in [0.3, 0.4) is 0 Å². The van der Waals surface area contributed by atoms with Gasteiger partial charge in [0.2, 0.25) is 5.91 Å². The largest absolute Gasteiger partial charge is 0.480 e. The molecule has 0 saturated heterocycles. The maximum absolute atomic E-state index is 12.3. The summed E-state index contributed by atoms with van der Waals surface area (Å²) in [6.45, 7) is 2.54. The number of hydrogen-bond acceptors (Lipinski definition) is 8. The van der Waals surface area contributed by atoms with E-state index in [1.165, 1.54) is 77.0 Å². The Bertz CT molecular complexity index is 1170. The van der Waals surface area contributed by atoms with E-state index in [0.29, 0.717) is 12.8 Å². The van der Waals surface area contributed by atoms with Gasteiger partial charge in [0.25, 0.3) is 0 Å². The summed E-state index contributed by atoms with van der Waals surface area (Å²) in [5.41, 5.74) is 0. The highest BCUT2D eigenvalue weighted by atomic mass is 31.2. The van der Waals surface area contributed by atoms with Crippen LogP contribution in [0.2, 0.25) is 0 Å². The number of nitrogens with one attached hydrogen (secondary N) is 1. The van der Waals surface area contributed by atoms with Gasteiger partial charge in [-0.2, -0.15) is 0 Å². The van der Waals surface area contributed by atoms with Crippen molar-refractivity contribution in [2.24, 2.45) is 0 Å². The van der Waals surface area contributed by atoms with Crippen LogP contribution >= 0.6 is 7.82 Å². The van der Waals surface area contributed by atoms with Crippen LogP contribution in [-0.2, 0) is 32.7 Å². The zero-order chi connectivity index (χ0) is 42.8. The van der Waals surface area contributed by atoms with Crippen molar-refractivity contribution in [3.63, 3.8) is 0 Å². The van der Waals surface area contributed by atoms with Gasteiger partial charge in [-0.15, -0.1) is 0 Å². The molecule has 12 heteroatoms. The highest BCUT2D eigenvalue weighted by Crippen LogP contribution is 2.43. The molecule has 0 fully saturated rings. The van der Waals surface area contributed by atoms with Crippen molar-refractivity contribution in [3.05, 3.63) is 48.6 Å². The molecule has 0 radical (unpaired) electrons. The lowest BCUT2D eigenvalue weighted by Crippen LogP contribution is -2.43. The van der Waals surface area contributed by atoms with Crippen LogP contribution < -0.4 is 5.32 Å². The first-order chi connectivity index (χ1) is 28.1. The molecule has 0 saturated carbocycles. The van der Waals surface area contributed by atoms with Crippen LogP contribution in [0.25, 0.3) is 0 Å². The molecule has 0 heterocycles. The zero-order valence-electron chi connectivity index (χ0n) is 36.3. The molecule has 336 valence electrons. The number of aliphatic hydroxyl groups excluding tert-OH is 1. The van der Waals surface area contributed by atoms with Crippen molar-refractivity contribution in [1.29, 1.82) is 0 Å². The Balaban J connectivity index is 3.92. The first-order valence-electron chi connectivity index (χ1n) is 22.7. The molecule has 0 aromatic carbocycles. The minimum absolute atomic E-state index is 0.128. The van der Waals surface area contributed by atoms with Gasteiger partial charge in [-0.25, -0.2) is 9.36 Å². The Morgan fingerprint density at radius 3 is 1.40 bits per heavy atom. The first-order valence-corrected chi connectivity index (χ1v) is 24.2. The van der Waals surface area contributed by atoms with E-state index in [1.54, 1.807) is 0 Å². The van der Waals surface area contributed by atoms with Crippen LogP contribution in [0.4, 0.5) is 0 Å². The van der Waals surface area contributed by atoms with E-state index < -0.39 is 57.6 Å². The van der Waals surface area contributed by atoms with Gasteiger partial charge in [-0.05, 0) is 77.0 Å². The van der Waals surface area contributed by atoms with E-state index in [0.717, 1.165) is 77.0 Å². The van der Waals surface area contributed by atoms with Crippen LogP contribution in [-0.4, -0.2) is 64.9 Å². The van der Waals surface area contributed by atoms with E-state index in [-0.39, 0.29) is 12.8 Å². The van der Waals surface area contributed by atoms with Crippen LogP contribution in [0.5, 0.6) is 0 Å². The van der Waals surface area contributed by atoms with Gasteiger partial charge in [0.05, 0.1) is 13.2 Å². The first kappa shape index (κ1) is 55.4. The normalized spacial score (nSPS) is 14.1. The van der Waals surface area contributed by atoms with Crippen molar-refractivity contribution in [2.75, 3.05) is 19.8 Å². The van der Waals surface area contributed by atoms with Gasteiger partial charge < -0.3 is 25.2 Å². The number of aliphatic hydroxyl groups is 1. The molecule has 0 aliphatic heterocycles. The number of carboxylic acids is 1. The molecule has 1 amide bonds. The fraction of sp³-hybridized carbons (Fsp3) is 0.761. The monoisotopic (exact) mass is 840 g/mol. The Kier molecular flexibility index (Phi) is 39.4. The van der Waals surface area contributed by atoms with Gasteiger partial charge in [0.15, 0.2) is 6.04 Å².